The lowest BCUT2D eigenvalue weighted by molar-refractivity contribution is 0.0676. The Hall–Kier alpha value is -0.950. The molecular formula is C16H18ClN3OS2. The molecule has 2 bridgehead atoms. The molecule has 2 atom stereocenters. The molecule has 1 N–H and O–H groups in total. The number of amides is 1. The Balaban J connectivity index is 1.49. The summed E-state index contributed by atoms with van der Waals surface area (Å²) in [6, 6.07) is 5.29. The van der Waals surface area contributed by atoms with Gasteiger partial charge in [-0.2, -0.15) is 0 Å². The van der Waals surface area contributed by atoms with E-state index < -0.39 is 0 Å². The van der Waals surface area contributed by atoms with Crippen molar-refractivity contribution in [2.45, 2.75) is 43.8 Å². The fourth-order valence-electron chi connectivity index (χ4n) is 3.60. The Morgan fingerprint density at radius 1 is 1.35 bits per heavy atom. The Bertz CT molecular complexity index is 716. The number of carbonyl (C=O) groups is 1. The number of hydrogen-bond donors (Lipinski definition) is 1. The van der Waals surface area contributed by atoms with Crippen molar-refractivity contribution >= 4 is 40.2 Å². The number of nitrogens with one attached hydrogen (secondary N) is 1. The van der Waals surface area contributed by atoms with Crippen molar-refractivity contribution in [1.29, 1.82) is 0 Å². The van der Waals surface area contributed by atoms with E-state index in [0.717, 1.165) is 27.1 Å². The van der Waals surface area contributed by atoms with E-state index in [2.05, 4.69) is 10.3 Å². The van der Waals surface area contributed by atoms with E-state index in [0.29, 0.717) is 23.8 Å². The molecule has 0 aliphatic carbocycles. The molecule has 7 heteroatoms. The van der Waals surface area contributed by atoms with Gasteiger partial charge in [-0.25, -0.2) is 4.98 Å². The molecule has 1 amide bonds. The van der Waals surface area contributed by atoms with Crippen LogP contribution >= 0.6 is 34.3 Å². The molecule has 0 aromatic carbocycles. The third-order valence-corrected chi connectivity index (χ3v) is 7.07. The van der Waals surface area contributed by atoms with Gasteiger partial charge in [0.15, 0.2) is 0 Å². The zero-order valence-corrected chi connectivity index (χ0v) is 15.2. The van der Waals surface area contributed by atoms with E-state index in [1.807, 2.05) is 29.5 Å². The fraction of sp³-hybridized carbons (Fsp3) is 0.500. The molecule has 2 aliphatic rings. The average Bonchev–Trinajstić information content (AvgIpc) is 3.26. The Morgan fingerprint density at radius 2 is 2.09 bits per heavy atom. The van der Waals surface area contributed by atoms with Crippen molar-refractivity contribution in [1.82, 2.24) is 15.2 Å². The number of piperidine rings is 1. The van der Waals surface area contributed by atoms with Crippen LogP contribution in [0.25, 0.3) is 9.88 Å². The molecule has 2 aliphatic heterocycles. The highest BCUT2D eigenvalue weighted by Gasteiger charge is 2.36. The topological polar surface area (TPSA) is 45.2 Å². The highest BCUT2D eigenvalue weighted by Crippen LogP contribution is 2.34. The van der Waals surface area contributed by atoms with Gasteiger partial charge in [-0.05, 0) is 37.8 Å². The summed E-state index contributed by atoms with van der Waals surface area (Å²) in [7, 11) is 1.92. The third-order valence-electron chi connectivity index (χ3n) is 4.82. The Kier molecular flexibility index (Phi) is 4.17. The number of nitrogens with zero attached hydrogens (tertiary/aromatic N) is 2. The minimum absolute atomic E-state index is 0.0291. The van der Waals surface area contributed by atoms with Gasteiger partial charge in [0.1, 0.15) is 10.7 Å². The maximum atomic E-state index is 12.8. The largest absolute Gasteiger partial charge is 0.337 e. The second-order valence-corrected chi connectivity index (χ2v) is 8.89. The van der Waals surface area contributed by atoms with Crippen molar-refractivity contribution in [2.75, 3.05) is 7.05 Å². The number of aromatic nitrogens is 1. The zero-order valence-electron chi connectivity index (χ0n) is 12.8. The Labute approximate surface area is 148 Å². The van der Waals surface area contributed by atoms with Gasteiger partial charge in [-0.3, -0.25) is 4.79 Å². The molecule has 4 nitrogen and oxygen atoms in total. The maximum Gasteiger partial charge on any atom is 0.273 e. The minimum Gasteiger partial charge on any atom is -0.337 e. The highest BCUT2D eigenvalue weighted by atomic mass is 35.5. The van der Waals surface area contributed by atoms with Gasteiger partial charge >= 0.3 is 0 Å². The molecular weight excluding hydrogens is 350 g/mol. The molecule has 0 radical (unpaired) electrons. The molecule has 2 aromatic rings. The first-order chi connectivity index (χ1) is 11.1. The maximum absolute atomic E-state index is 12.8. The summed E-state index contributed by atoms with van der Waals surface area (Å²) in [5, 5.41) is 6.34. The van der Waals surface area contributed by atoms with Crippen molar-refractivity contribution in [3.63, 3.8) is 0 Å². The number of thiophene rings is 1. The van der Waals surface area contributed by atoms with E-state index in [9.17, 15) is 4.79 Å². The van der Waals surface area contributed by atoms with E-state index in [4.69, 9.17) is 11.6 Å². The minimum atomic E-state index is 0.0291. The van der Waals surface area contributed by atoms with Gasteiger partial charge in [-0.1, -0.05) is 11.6 Å². The molecule has 122 valence electrons. The van der Waals surface area contributed by atoms with Crippen LogP contribution in [-0.2, 0) is 0 Å². The lowest BCUT2D eigenvalue weighted by atomic mass is 9.98. The number of halogens is 1. The van der Waals surface area contributed by atoms with Crippen LogP contribution in [0.4, 0.5) is 0 Å². The van der Waals surface area contributed by atoms with E-state index >= 15 is 0 Å². The summed E-state index contributed by atoms with van der Waals surface area (Å²) in [6.07, 6.45) is 4.58. The highest BCUT2D eigenvalue weighted by molar-refractivity contribution is 7.23. The molecule has 2 fully saturated rings. The zero-order chi connectivity index (χ0) is 16.0. The van der Waals surface area contributed by atoms with E-state index in [1.54, 1.807) is 0 Å². The first-order valence-corrected chi connectivity index (χ1v) is 9.92. The van der Waals surface area contributed by atoms with Crippen LogP contribution in [0.1, 0.15) is 36.2 Å². The Morgan fingerprint density at radius 3 is 2.74 bits per heavy atom. The second-order valence-electron chi connectivity index (χ2n) is 6.32. The van der Waals surface area contributed by atoms with Crippen LogP contribution in [0.3, 0.4) is 0 Å². The van der Waals surface area contributed by atoms with Gasteiger partial charge in [0, 0.05) is 30.6 Å². The molecule has 23 heavy (non-hydrogen) atoms. The fourth-order valence-corrected chi connectivity index (χ4v) is 5.51. The molecule has 2 aromatic heterocycles. The summed E-state index contributed by atoms with van der Waals surface area (Å²) in [4.78, 5) is 20.2. The summed E-state index contributed by atoms with van der Waals surface area (Å²) < 4.78 is 0.741. The number of carbonyl (C=O) groups excluding carboxylic acids is 1. The summed E-state index contributed by atoms with van der Waals surface area (Å²) in [5.41, 5.74) is 0.544. The lowest BCUT2D eigenvalue weighted by Crippen LogP contribution is -2.48. The normalized spacial score (nSPS) is 26.4. The third kappa shape index (κ3) is 3.05. The van der Waals surface area contributed by atoms with Crippen LogP contribution in [-0.4, -0.2) is 41.0 Å². The molecule has 4 heterocycles. The van der Waals surface area contributed by atoms with Crippen molar-refractivity contribution in [2.24, 2.45) is 0 Å². The van der Waals surface area contributed by atoms with Crippen molar-refractivity contribution in [3.05, 3.63) is 27.5 Å². The summed E-state index contributed by atoms with van der Waals surface area (Å²) in [5.74, 6) is 0.0291. The molecule has 0 saturated carbocycles. The molecule has 0 spiro atoms. The van der Waals surface area contributed by atoms with E-state index in [1.165, 1.54) is 35.5 Å². The van der Waals surface area contributed by atoms with E-state index in [-0.39, 0.29) is 5.91 Å². The van der Waals surface area contributed by atoms with Gasteiger partial charge < -0.3 is 10.2 Å². The smallest absolute Gasteiger partial charge is 0.273 e. The number of fused-ring (bicyclic) bond motifs is 2. The van der Waals surface area contributed by atoms with Crippen molar-refractivity contribution < 1.29 is 4.79 Å². The first-order valence-electron chi connectivity index (χ1n) is 7.84. The molecule has 2 unspecified atom stereocenters. The quantitative estimate of drug-likeness (QED) is 0.895. The monoisotopic (exact) mass is 367 g/mol. The van der Waals surface area contributed by atoms with Gasteiger partial charge in [-0.15, -0.1) is 22.7 Å². The van der Waals surface area contributed by atoms with Gasteiger partial charge in [0.05, 0.1) is 9.21 Å². The van der Waals surface area contributed by atoms with Gasteiger partial charge in [0.25, 0.3) is 5.91 Å². The standard InChI is InChI=1S/C16H18ClN3OS2/c1-20(11-6-9-2-3-10(7-11)18-9)16(21)12-8-22-15(19-12)13-4-5-14(17)23-13/h4-5,8-11,18H,2-3,6-7H2,1H3. The summed E-state index contributed by atoms with van der Waals surface area (Å²) in [6.45, 7) is 0. The number of thiazole rings is 1. The number of hydrogen-bond acceptors (Lipinski definition) is 5. The predicted octanol–water partition coefficient (Wildman–Crippen LogP) is 3.88. The van der Waals surface area contributed by atoms with Crippen LogP contribution in [0.2, 0.25) is 4.34 Å². The van der Waals surface area contributed by atoms with Gasteiger partial charge in [0.2, 0.25) is 0 Å². The average molecular weight is 368 g/mol. The first kappa shape index (κ1) is 15.6. The van der Waals surface area contributed by atoms with Crippen molar-refractivity contribution in [3.8, 4) is 9.88 Å². The van der Waals surface area contributed by atoms with Crippen LogP contribution < -0.4 is 5.32 Å². The predicted molar refractivity (Wildman–Crippen MR) is 95.5 cm³/mol. The number of rotatable bonds is 3. The molecule has 4 rings (SSSR count). The molecule has 2 saturated heterocycles. The van der Waals surface area contributed by atoms with Crippen LogP contribution in [0.5, 0.6) is 0 Å². The van der Waals surface area contributed by atoms with Crippen LogP contribution in [0.15, 0.2) is 17.5 Å². The summed E-state index contributed by atoms with van der Waals surface area (Å²) >= 11 is 8.97. The van der Waals surface area contributed by atoms with Crippen LogP contribution in [0, 0.1) is 0 Å². The second kappa shape index (κ2) is 6.16. The lowest BCUT2D eigenvalue weighted by Gasteiger charge is -2.35. The SMILES string of the molecule is CN(C(=O)c1csc(-c2ccc(Cl)s2)n1)C1CC2CCC(C1)N2.